The van der Waals surface area contributed by atoms with Gasteiger partial charge in [-0.25, -0.2) is 4.39 Å². The lowest BCUT2D eigenvalue weighted by Crippen LogP contribution is -2.49. The molecule has 0 saturated carbocycles. The number of carbonyl (C=O) groups excluding carboxylic acids is 1. The van der Waals surface area contributed by atoms with Crippen LogP contribution in [0.2, 0.25) is 0 Å². The molecule has 1 aromatic heterocycles. The Morgan fingerprint density at radius 2 is 2.09 bits per heavy atom. The van der Waals surface area contributed by atoms with Gasteiger partial charge in [0.25, 0.3) is 5.91 Å². The van der Waals surface area contributed by atoms with E-state index in [4.69, 9.17) is 9.26 Å². The molecule has 1 amide bonds. The first-order valence-corrected chi connectivity index (χ1v) is 7.19. The summed E-state index contributed by atoms with van der Waals surface area (Å²) in [5, 5.41) is 6.71. The van der Waals surface area contributed by atoms with Crippen LogP contribution in [0.1, 0.15) is 34.7 Å². The minimum atomic E-state index is -0.655. The summed E-state index contributed by atoms with van der Waals surface area (Å²) in [5.41, 5.74) is 0.718. The molecule has 5 nitrogen and oxygen atoms in total. The van der Waals surface area contributed by atoms with Crippen molar-refractivity contribution in [3.05, 3.63) is 53.2 Å². The molecule has 1 N–H and O–H groups in total. The van der Waals surface area contributed by atoms with E-state index in [1.807, 2.05) is 6.07 Å². The highest BCUT2D eigenvalue weighted by Gasteiger charge is 2.37. The molecule has 0 bridgehead atoms. The highest BCUT2D eigenvalue weighted by Crippen LogP contribution is 2.33. The van der Waals surface area contributed by atoms with Gasteiger partial charge >= 0.3 is 0 Å². The molecule has 22 heavy (non-hydrogen) atoms. The van der Waals surface area contributed by atoms with Gasteiger partial charge in [0.05, 0.1) is 11.2 Å². The summed E-state index contributed by atoms with van der Waals surface area (Å²) in [6, 6.07) is 7.89. The van der Waals surface area contributed by atoms with E-state index in [2.05, 4.69) is 10.5 Å². The van der Waals surface area contributed by atoms with Crippen molar-refractivity contribution < 1.29 is 18.4 Å². The van der Waals surface area contributed by atoms with Crippen molar-refractivity contribution in [2.24, 2.45) is 0 Å². The number of benzene rings is 1. The maximum Gasteiger partial charge on any atom is 0.290 e. The van der Waals surface area contributed by atoms with Gasteiger partial charge in [0.1, 0.15) is 5.82 Å². The van der Waals surface area contributed by atoms with Gasteiger partial charge in [-0.15, -0.1) is 0 Å². The largest absolute Gasteiger partial charge is 0.381 e. The second-order valence-electron chi connectivity index (χ2n) is 5.49. The van der Waals surface area contributed by atoms with Crippen molar-refractivity contribution in [2.45, 2.75) is 25.3 Å². The summed E-state index contributed by atoms with van der Waals surface area (Å²) in [6.07, 6.45) is 1.16. The zero-order chi connectivity index (χ0) is 15.6. The average Bonchev–Trinajstić information content (AvgIpc) is 2.95. The monoisotopic (exact) mass is 304 g/mol. The van der Waals surface area contributed by atoms with Crippen molar-refractivity contribution in [3.8, 4) is 0 Å². The third-order valence-electron chi connectivity index (χ3n) is 3.93. The molecular weight excluding hydrogens is 287 g/mol. The van der Waals surface area contributed by atoms with Gasteiger partial charge in [-0.05, 0) is 37.5 Å². The zero-order valence-corrected chi connectivity index (χ0v) is 12.3. The lowest BCUT2D eigenvalue weighted by atomic mass is 9.82. The highest BCUT2D eigenvalue weighted by molar-refractivity contribution is 5.92. The van der Waals surface area contributed by atoms with Gasteiger partial charge in [-0.1, -0.05) is 17.3 Å². The third-order valence-corrected chi connectivity index (χ3v) is 3.93. The minimum Gasteiger partial charge on any atom is -0.381 e. The van der Waals surface area contributed by atoms with E-state index in [0.717, 1.165) is 5.56 Å². The van der Waals surface area contributed by atoms with E-state index < -0.39 is 5.54 Å². The molecule has 1 aliphatic rings. The zero-order valence-electron chi connectivity index (χ0n) is 12.3. The number of hydrogen-bond acceptors (Lipinski definition) is 4. The lowest BCUT2D eigenvalue weighted by Gasteiger charge is -2.38. The number of ether oxygens (including phenoxy) is 1. The Morgan fingerprint density at radius 3 is 2.73 bits per heavy atom. The van der Waals surface area contributed by atoms with Crippen LogP contribution in [0.4, 0.5) is 4.39 Å². The fraction of sp³-hybridized carbons (Fsp3) is 0.375. The molecule has 3 rings (SSSR count). The van der Waals surface area contributed by atoms with Crippen LogP contribution in [0.3, 0.4) is 0 Å². The number of hydrogen-bond donors (Lipinski definition) is 1. The molecule has 1 fully saturated rings. The molecule has 0 radical (unpaired) electrons. The van der Waals surface area contributed by atoms with E-state index >= 15 is 0 Å². The number of halogens is 1. The van der Waals surface area contributed by atoms with Crippen molar-refractivity contribution in [2.75, 3.05) is 13.2 Å². The quantitative estimate of drug-likeness (QED) is 0.946. The summed E-state index contributed by atoms with van der Waals surface area (Å²) in [7, 11) is 0. The van der Waals surface area contributed by atoms with E-state index in [9.17, 15) is 9.18 Å². The maximum atomic E-state index is 13.6. The molecule has 0 unspecified atom stereocenters. The summed E-state index contributed by atoms with van der Waals surface area (Å²) in [5.74, 6) is -0.528. The van der Waals surface area contributed by atoms with Crippen LogP contribution >= 0.6 is 0 Å². The molecule has 1 saturated heterocycles. The van der Waals surface area contributed by atoms with Crippen LogP contribution < -0.4 is 5.32 Å². The molecule has 2 aromatic rings. The van der Waals surface area contributed by atoms with E-state index in [1.54, 1.807) is 19.1 Å². The molecule has 116 valence electrons. The van der Waals surface area contributed by atoms with Crippen molar-refractivity contribution >= 4 is 5.91 Å². The summed E-state index contributed by atoms with van der Waals surface area (Å²) in [6.45, 7) is 2.76. The molecule has 1 aliphatic heterocycles. The number of rotatable bonds is 3. The van der Waals surface area contributed by atoms with Crippen molar-refractivity contribution in [1.29, 1.82) is 0 Å². The summed E-state index contributed by atoms with van der Waals surface area (Å²) in [4.78, 5) is 12.4. The Hall–Kier alpha value is -2.21. The molecule has 0 aliphatic carbocycles. The first kappa shape index (κ1) is 14.7. The standard InChI is InChI=1S/C16H17FN2O3/c1-11-9-14(22-19-11)15(20)18-16(5-7-21-8-6-16)12-3-2-4-13(17)10-12/h2-4,9-10H,5-8H2,1H3,(H,18,20). The van der Waals surface area contributed by atoms with Crippen LogP contribution in [0.25, 0.3) is 0 Å². The predicted molar refractivity (Wildman–Crippen MR) is 76.8 cm³/mol. The molecule has 2 heterocycles. The van der Waals surface area contributed by atoms with Gasteiger partial charge in [0, 0.05) is 19.3 Å². The van der Waals surface area contributed by atoms with Crippen LogP contribution in [0.15, 0.2) is 34.9 Å². The highest BCUT2D eigenvalue weighted by atomic mass is 19.1. The molecule has 0 spiro atoms. The molecule has 0 atom stereocenters. The Labute approximate surface area is 127 Å². The smallest absolute Gasteiger partial charge is 0.290 e. The normalized spacial score (nSPS) is 17.2. The SMILES string of the molecule is Cc1cc(C(=O)NC2(c3cccc(F)c3)CCOCC2)on1. The Balaban J connectivity index is 1.91. The van der Waals surface area contributed by atoms with E-state index in [0.29, 0.717) is 31.7 Å². The van der Waals surface area contributed by atoms with Gasteiger partial charge in [0.15, 0.2) is 0 Å². The van der Waals surface area contributed by atoms with Gasteiger partial charge in [-0.3, -0.25) is 4.79 Å². The maximum absolute atomic E-state index is 13.6. The number of nitrogens with zero attached hydrogens (tertiary/aromatic N) is 1. The van der Waals surface area contributed by atoms with Crippen LogP contribution in [-0.2, 0) is 10.3 Å². The molecule has 1 aromatic carbocycles. The summed E-state index contributed by atoms with van der Waals surface area (Å²) < 4.78 is 24.0. The lowest BCUT2D eigenvalue weighted by molar-refractivity contribution is 0.0334. The van der Waals surface area contributed by atoms with Crippen LogP contribution in [0.5, 0.6) is 0 Å². The number of aromatic nitrogens is 1. The predicted octanol–water partition coefficient (Wildman–Crippen LogP) is 2.56. The van der Waals surface area contributed by atoms with Crippen molar-refractivity contribution in [1.82, 2.24) is 10.5 Å². The third kappa shape index (κ3) is 2.87. The molecular formula is C16H17FN2O3. The fourth-order valence-corrected chi connectivity index (χ4v) is 2.74. The Kier molecular flexibility index (Phi) is 3.94. The second-order valence-corrected chi connectivity index (χ2v) is 5.49. The van der Waals surface area contributed by atoms with Crippen LogP contribution in [0, 0.1) is 12.7 Å². The summed E-state index contributed by atoms with van der Waals surface area (Å²) >= 11 is 0. The average molecular weight is 304 g/mol. The first-order chi connectivity index (χ1) is 10.6. The minimum absolute atomic E-state index is 0.153. The topological polar surface area (TPSA) is 64.4 Å². The Morgan fingerprint density at radius 1 is 1.32 bits per heavy atom. The number of carbonyl (C=O) groups is 1. The van der Waals surface area contributed by atoms with Crippen LogP contribution in [-0.4, -0.2) is 24.3 Å². The van der Waals surface area contributed by atoms with Gasteiger partial charge in [-0.2, -0.15) is 0 Å². The number of amides is 1. The number of nitrogens with one attached hydrogen (secondary N) is 1. The second kappa shape index (κ2) is 5.88. The Bertz CT molecular complexity index is 678. The number of aryl methyl sites for hydroxylation is 1. The van der Waals surface area contributed by atoms with E-state index in [-0.39, 0.29) is 17.5 Å². The molecule has 6 heteroatoms. The van der Waals surface area contributed by atoms with Crippen molar-refractivity contribution in [3.63, 3.8) is 0 Å². The van der Waals surface area contributed by atoms with E-state index in [1.165, 1.54) is 12.1 Å². The van der Waals surface area contributed by atoms with Gasteiger partial charge < -0.3 is 14.6 Å². The first-order valence-electron chi connectivity index (χ1n) is 7.19. The fourth-order valence-electron chi connectivity index (χ4n) is 2.74. The van der Waals surface area contributed by atoms with Gasteiger partial charge in [0.2, 0.25) is 5.76 Å².